The van der Waals surface area contributed by atoms with Crippen molar-refractivity contribution in [3.63, 3.8) is 0 Å². The van der Waals surface area contributed by atoms with Crippen LogP contribution >= 0.6 is 11.3 Å². The summed E-state index contributed by atoms with van der Waals surface area (Å²) in [7, 11) is -1.61. The van der Waals surface area contributed by atoms with E-state index in [-0.39, 0.29) is 16.4 Å². The van der Waals surface area contributed by atoms with Gasteiger partial charge < -0.3 is 9.64 Å². The number of carbonyl (C=O) groups is 2. The van der Waals surface area contributed by atoms with Gasteiger partial charge in [0, 0.05) is 23.2 Å². The summed E-state index contributed by atoms with van der Waals surface area (Å²) >= 11 is 1.11. The molecule has 0 aliphatic carbocycles. The summed E-state index contributed by atoms with van der Waals surface area (Å²) in [6.07, 6.45) is -0.694. The number of ether oxygens (including phenoxy) is 1. The Hall–Kier alpha value is -2.00. The number of likely N-dealkylation sites (N-methyl/N-ethyl adjacent to an activating group) is 1. The molecule has 1 fully saturated rings. The molecule has 0 N–H and O–H groups in total. The Labute approximate surface area is 160 Å². The summed E-state index contributed by atoms with van der Waals surface area (Å²) < 4.78 is 43.1. The lowest BCUT2D eigenvalue weighted by Crippen LogP contribution is -2.44. The molecule has 1 amide bonds. The van der Waals surface area contributed by atoms with Crippen LogP contribution in [0.15, 0.2) is 18.2 Å². The van der Waals surface area contributed by atoms with Crippen molar-refractivity contribution < 1.29 is 27.1 Å². The average Bonchev–Trinajstić information content (AvgIpc) is 3.14. The van der Waals surface area contributed by atoms with Gasteiger partial charge in [0.05, 0.1) is 11.5 Å². The van der Waals surface area contributed by atoms with E-state index in [0.717, 1.165) is 11.3 Å². The summed E-state index contributed by atoms with van der Waals surface area (Å²) in [6, 6.07) is 4.20. The molecule has 9 heteroatoms. The molecule has 2 atom stereocenters. The van der Waals surface area contributed by atoms with Crippen LogP contribution in [0.3, 0.4) is 0 Å². The lowest BCUT2D eigenvalue weighted by molar-refractivity contribution is -0.140. The minimum atomic E-state index is -3.13. The van der Waals surface area contributed by atoms with Gasteiger partial charge in [0.25, 0.3) is 5.91 Å². The van der Waals surface area contributed by atoms with E-state index in [4.69, 9.17) is 4.74 Å². The Kier molecular flexibility index (Phi) is 5.27. The van der Waals surface area contributed by atoms with Crippen molar-refractivity contribution in [2.24, 2.45) is 0 Å². The fourth-order valence-corrected chi connectivity index (χ4v) is 6.14. The van der Waals surface area contributed by atoms with Gasteiger partial charge in [-0.05, 0) is 38.0 Å². The number of thiophene rings is 1. The molecular weight excluding hydrogens is 393 g/mol. The van der Waals surface area contributed by atoms with Crippen molar-refractivity contribution in [1.82, 2.24) is 4.90 Å². The molecule has 0 saturated carbocycles. The van der Waals surface area contributed by atoms with Crippen LogP contribution in [0, 0.1) is 12.7 Å². The number of hydrogen-bond donors (Lipinski definition) is 0. The normalized spacial score (nSPS) is 19.8. The predicted molar refractivity (Wildman–Crippen MR) is 101 cm³/mol. The van der Waals surface area contributed by atoms with Crippen molar-refractivity contribution in [2.45, 2.75) is 32.4 Å². The number of halogens is 1. The molecule has 3 rings (SSSR count). The highest BCUT2D eigenvalue weighted by Gasteiger charge is 2.35. The first-order chi connectivity index (χ1) is 12.6. The summed E-state index contributed by atoms with van der Waals surface area (Å²) in [4.78, 5) is 26.6. The van der Waals surface area contributed by atoms with E-state index in [2.05, 4.69) is 0 Å². The fraction of sp³-hybridized carbons (Fsp3) is 0.444. The molecule has 1 aliphatic rings. The van der Waals surface area contributed by atoms with Crippen LogP contribution < -0.4 is 0 Å². The number of sulfone groups is 1. The zero-order valence-electron chi connectivity index (χ0n) is 15.2. The molecule has 0 unspecified atom stereocenters. The first-order valence-electron chi connectivity index (χ1n) is 8.46. The zero-order chi connectivity index (χ0) is 19.9. The number of benzene rings is 1. The van der Waals surface area contributed by atoms with Gasteiger partial charge in [0.1, 0.15) is 10.7 Å². The van der Waals surface area contributed by atoms with Crippen LogP contribution in [0.1, 0.15) is 28.6 Å². The maximum atomic E-state index is 14.0. The molecule has 1 aromatic heterocycles. The van der Waals surface area contributed by atoms with Crippen molar-refractivity contribution in [1.29, 1.82) is 0 Å². The van der Waals surface area contributed by atoms with Gasteiger partial charge in [0.15, 0.2) is 15.9 Å². The topological polar surface area (TPSA) is 80.8 Å². The van der Waals surface area contributed by atoms with Crippen molar-refractivity contribution in [2.75, 3.05) is 18.6 Å². The minimum absolute atomic E-state index is 0.0516. The van der Waals surface area contributed by atoms with E-state index < -0.39 is 39.7 Å². The van der Waals surface area contributed by atoms with E-state index >= 15 is 0 Å². The Morgan fingerprint density at radius 1 is 1.37 bits per heavy atom. The standard InChI is InChI=1S/C18H20FNO5S2/c1-10-15-13(19)5-4-6-14(15)26-16(10)18(22)25-11(2)17(21)20(3)12-7-8-27(23,24)9-12/h4-6,11-12H,7-9H2,1-3H3/t11-,12-/m0/s1. The molecule has 0 bridgehead atoms. The van der Waals surface area contributed by atoms with Crippen LogP contribution in [-0.4, -0.2) is 55.9 Å². The van der Waals surface area contributed by atoms with Crippen LogP contribution in [0.5, 0.6) is 0 Å². The van der Waals surface area contributed by atoms with Gasteiger partial charge in [-0.3, -0.25) is 4.79 Å². The largest absolute Gasteiger partial charge is 0.448 e. The lowest BCUT2D eigenvalue weighted by Gasteiger charge is -2.26. The highest BCUT2D eigenvalue weighted by atomic mass is 32.2. The third-order valence-corrected chi connectivity index (χ3v) is 7.81. The monoisotopic (exact) mass is 413 g/mol. The van der Waals surface area contributed by atoms with Gasteiger partial charge in [-0.25, -0.2) is 17.6 Å². The molecule has 1 aliphatic heterocycles. The van der Waals surface area contributed by atoms with E-state index in [1.165, 1.54) is 24.9 Å². The van der Waals surface area contributed by atoms with Crippen molar-refractivity contribution in [3.8, 4) is 0 Å². The smallest absolute Gasteiger partial charge is 0.349 e. The van der Waals surface area contributed by atoms with Gasteiger partial charge in [0.2, 0.25) is 0 Å². The Bertz CT molecular complexity index is 1010. The first-order valence-corrected chi connectivity index (χ1v) is 11.1. The Morgan fingerprint density at radius 3 is 2.67 bits per heavy atom. The van der Waals surface area contributed by atoms with Gasteiger partial charge in [-0.1, -0.05) is 6.07 Å². The minimum Gasteiger partial charge on any atom is -0.448 e. The van der Waals surface area contributed by atoms with E-state index in [1.807, 2.05) is 0 Å². The van der Waals surface area contributed by atoms with Crippen LogP contribution in [0.4, 0.5) is 4.39 Å². The van der Waals surface area contributed by atoms with Gasteiger partial charge in [-0.15, -0.1) is 11.3 Å². The van der Waals surface area contributed by atoms with E-state index in [9.17, 15) is 22.4 Å². The van der Waals surface area contributed by atoms with Gasteiger partial charge >= 0.3 is 5.97 Å². The summed E-state index contributed by atoms with van der Waals surface area (Å²) in [5, 5.41) is 0.377. The maximum absolute atomic E-state index is 14.0. The Morgan fingerprint density at radius 2 is 2.07 bits per heavy atom. The SMILES string of the molecule is Cc1c(C(=O)O[C@@H](C)C(=O)N(C)[C@H]2CCS(=O)(=O)C2)sc2cccc(F)c12. The zero-order valence-corrected chi connectivity index (χ0v) is 16.8. The number of fused-ring (bicyclic) bond motifs is 1. The molecule has 1 saturated heterocycles. The number of nitrogens with zero attached hydrogens (tertiary/aromatic N) is 1. The third kappa shape index (κ3) is 3.84. The quantitative estimate of drug-likeness (QED) is 0.720. The first kappa shape index (κ1) is 19.8. The summed E-state index contributed by atoms with van der Waals surface area (Å²) in [6.45, 7) is 3.09. The number of hydrogen-bond acceptors (Lipinski definition) is 6. The van der Waals surface area contributed by atoms with Crippen molar-refractivity contribution in [3.05, 3.63) is 34.5 Å². The molecule has 1 aromatic carbocycles. The fourth-order valence-electron chi connectivity index (χ4n) is 3.26. The van der Waals surface area contributed by atoms with Crippen LogP contribution in [0.25, 0.3) is 10.1 Å². The Balaban J connectivity index is 1.73. The maximum Gasteiger partial charge on any atom is 0.349 e. The van der Waals surface area contributed by atoms with Crippen LogP contribution in [0.2, 0.25) is 0 Å². The van der Waals surface area contributed by atoms with E-state index in [1.54, 1.807) is 19.1 Å². The third-order valence-electron chi connectivity index (χ3n) is 4.82. The molecule has 146 valence electrons. The molecular formula is C18H20FNO5S2. The molecule has 2 heterocycles. The number of rotatable bonds is 4. The predicted octanol–water partition coefficient (Wildman–Crippen LogP) is 2.54. The van der Waals surface area contributed by atoms with Crippen molar-refractivity contribution >= 4 is 43.1 Å². The molecule has 0 radical (unpaired) electrons. The summed E-state index contributed by atoms with van der Waals surface area (Å²) in [5.41, 5.74) is 0.480. The second-order valence-corrected chi connectivity index (χ2v) is 10.0. The number of esters is 1. The molecule has 2 aromatic rings. The lowest BCUT2D eigenvalue weighted by atomic mass is 10.1. The average molecular weight is 413 g/mol. The van der Waals surface area contributed by atoms with Crippen LogP contribution in [-0.2, 0) is 19.4 Å². The highest BCUT2D eigenvalue weighted by Crippen LogP contribution is 2.33. The molecule has 6 nitrogen and oxygen atoms in total. The number of aryl methyl sites for hydroxylation is 1. The van der Waals surface area contributed by atoms with Gasteiger partial charge in [-0.2, -0.15) is 0 Å². The number of carbonyl (C=O) groups excluding carboxylic acids is 2. The molecule has 27 heavy (non-hydrogen) atoms. The second-order valence-electron chi connectivity index (χ2n) is 6.72. The van der Waals surface area contributed by atoms with E-state index in [0.29, 0.717) is 22.1 Å². The summed E-state index contributed by atoms with van der Waals surface area (Å²) in [5.74, 6) is -1.59. The molecule has 0 spiro atoms. The number of amides is 1. The highest BCUT2D eigenvalue weighted by molar-refractivity contribution is 7.91. The second kappa shape index (κ2) is 7.20.